The fourth-order valence-electron chi connectivity index (χ4n) is 1.53. The number of benzene rings is 1. The highest BCUT2D eigenvalue weighted by molar-refractivity contribution is 8.01. The second-order valence-corrected chi connectivity index (χ2v) is 5.90. The number of halogens is 1. The molecular weight excluding hydrogens is 269 g/mol. The zero-order chi connectivity index (χ0) is 13.0. The van der Waals surface area contributed by atoms with Crippen LogP contribution in [0.4, 0.5) is 4.39 Å². The van der Waals surface area contributed by atoms with Gasteiger partial charge in [-0.3, -0.25) is 0 Å². The van der Waals surface area contributed by atoms with Gasteiger partial charge >= 0.3 is 0 Å². The molecule has 1 aromatic heterocycles. The van der Waals surface area contributed by atoms with Gasteiger partial charge in [0.1, 0.15) is 11.6 Å². The van der Waals surface area contributed by atoms with Crippen LogP contribution in [0.25, 0.3) is 0 Å². The topological polar surface area (TPSA) is 51.8 Å². The third-order valence-corrected chi connectivity index (χ3v) is 4.56. The average molecular weight is 283 g/mol. The maximum Gasteiger partial charge on any atom is 0.170 e. The summed E-state index contributed by atoms with van der Waals surface area (Å²) in [6, 6.07) is 6.72. The molecule has 96 valence electrons. The molecule has 0 aliphatic rings. The number of nitrogens with zero attached hydrogens (tertiary/aromatic N) is 2. The van der Waals surface area contributed by atoms with Crippen LogP contribution in [0.15, 0.2) is 28.6 Å². The Morgan fingerprint density at radius 2 is 2.22 bits per heavy atom. The van der Waals surface area contributed by atoms with Crippen molar-refractivity contribution in [2.45, 2.75) is 22.9 Å². The molecule has 1 unspecified atom stereocenters. The lowest BCUT2D eigenvalue weighted by molar-refractivity contribution is 0.608. The van der Waals surface area contributed by atoms with Crippen LogP contribution >= 0.6 is 23.3 Å². The first-order valence-corrected chi connectivity index (χ1v) is 7.33. The van der Waals surface area contributed by atoms with Gasteiger partial charge in [0.05, 0.1) is 5.25 Å². The van der Waals surface area contributed by atoms with Gasteiger partial charge in [-0.15, -0.1) is 0 Å². The molecule has 2 N–H and O–H groups in total. The van der Waals surface area contributed by atoms with E-state index in [-0.39, 0.29) is 11.1 Å². The van der Waals surface area contributed by atoms with E-state index in [1.165, 1.54) is 29.4 Å². The van der Waals surface area contributed by atoms with Gasteiger partial charge in [0.15, 0.2) is 4.34 Å². The second kappa shape index (κ2) is 6.26. The van der Waals surface area contributed by atoms with E-state index in [1.54, 1.807) is 12.1 Å². The van der Waals surface area contributed by atoms with Crippen molar-refractivity contribution in [3.63, 3.8) is 0 Å². The van der Waals surface area contributed by atoms with Crippen LogP contribution in [0.2, 0.25) is 0 Å². The molecule has 0 saturated carbocycles. The highest BCUT2D eigenvalue weighted by Gasteiger charge is 2.17. The molecule has 0 radical (unpaired) electrons. The van der Waals surface area contributed by atoms with Crippen molar-refractivity contribution in [3.8, 4) is 0 Å². The summed E-state index contributed by atoms with van der Waals surface area (Å²) < 4.78 is 18.8. The van der Waals surface area contributed by atoms with Gasteiger partial charge in [-0.1, -0.05) is 36.9 Å². The highest BCUT2D eigenvalue weighted by atomic mass is 32.2. The minimum Gasteiger partial charge on any atom is -0.329 e. The Kier molecular flexibility index (Phi) is 4.68. The third kappa shape index (κ3) is 3.07. The molecule has 0 fully saturated rings. The van der Waals surface area contributed by atoms with Crippen LogP contribution in [-0.2, 0) is 6.42 Å². The maximum absolute atomic E-state index is 13.7. The van der Waals surface area contributed by atoms with Crippen LogP contribution in [0.5, 0.6) is 0 Å². The molecule has 1 heterocycles. The molecule has 1 aromatic carbocycles. The predicted molar refractivity (Wildman–Crippen MR) is 73.3 cm³/mol. The van der Waals surface area contributed by atoms with Gasteiger partial charge in [-0.05, 0) is 17.6 Å². The van der Waals surface area contributed by atoms with Crippen molar-refractivity contribution in [1.29, 1.82) is 0 Å². The van der Waals surface area contributed by atoms with Crippen molar-refractivity contribution in [3.05, 3.63) is 41.5 Å². The van der Waals surface area contributed by atoms with Crippen LogP contribution in [-0.4, -0.2) is 15.9 Å². The monoisotopic (exact) mass is 283 g/mol. The molecule has 0 amide bonds. The Labute approximate surface area is 114 Å². The van der Waals surface area contributed by atoms with E-state index >= 15 is 0 Å². The van der Waals surface area contributed by atoms with E-state index < -0.39 is 0 Å². The van der Waals surface area contributed by atoms with Crippen LogP contribution in [0.3, 0.4) is 0 Å². The molecule has 0 bridgehead atoms. The Bertz CT molecular complexity index is 516. The number of aromatic nitrogens is 2. The first-order valence-electron chi connectivity index (χ1n) is 5.68. The van der Waals surface area contributed by atoms with Crippen molar-refractivity contribution in [1.82, 2.24) is 9.36 Å². The van der Waals surface area contributed by atoms with E-state index in [4.69, 9.17) is 5.73 Å². The number of aryl methyl sites for hydroxylation is 1. The van der Waals surface area contributed by atoms with E-state index in [2.05, 4.69) is 9.36 Å². The van der Waals surface area contributed by atoms with E-state index in [0.717, 1.165) is 16.6 Å². The Balaban J connectivity index is 2.17. The SMILES string of the molecule is CCc1nsc(SC(CN)c2ccccc2F)n1. The first kappa shape index (κ1) is 13.5. The minimum absolute atomic E-state index is 0.121. The van der Waals surface area contributed by atoms with Crippen molar-refractivity contribution in [2.24, 2.45) is 5.73 Å². The van der Waals surface area contributed by atoms with Gasteiger partial charge in [-0.2, -0.15) is 4.37 Å². The standard InChI is InChI=1S/C12H14FN3S2/c1-2-11-15-12(18-16-11)17-10(7-14)8-5-3-4-6-9(8)13/h3-6,10H,2,7,14H2,1H3. The molecule has 0 aliphatic heterocycles. The fourth-order valence-corrected chi connectivity index (χ4v) is 3.47. The number of thioether (sulfide) groups is 1. The summed E-state index contributed by atoms with van der Waals surface area (Å²) >= 11 is 2.81. The van der Waals surface area contributed by atoms with E-state index in [9.17, 15) is 4.39 Å². The van der Waals surface area contributed by atoms with Crippen molar-refractivity contribution >= 4 is 23.3 Å². The van der Waals surface area contributed by atoms with Gasteiger partial charge in [-0.25, -0.2) is 9.37 Å². The van der Waals surface area contributed by atoms with Crippen LogP contribution in [0.1, 0.15) is 23.6 Å². The maximum atomic E-state index is 13.7. The lowest BCUT2D eigenvalue weighted by Gasteiger charge is -2.13. The number of nitrogens with two attached hydrogens (primary N) is 1. The van der Waals surface area contributed by atoms with Crippen molar-refractivity contribution in [2.75, 3.05) is 6.54 Å². The predicted octanol–water partition coefficient (Wildman–Crippen LogP) is 3.03. The molecule has 1 atom stereocenters. The van der Waals surface area contributed by atoms with Gasteiger partial charge in [0.2, 0.25) is 0 Å². The molecule has 2 aromatic rings. The Morgan fingerprint density at radius 3 is 2.83 bits per heavy atom. The fraction of sp³-hybridized carbons (Fsp3) is 0.333. The second-order valence-electron chi connectivity index (χ2n) is 3.69. The summed E-state index contributed by atoms with van der Waals surface area (Å²) in [5.41, 5.74) is 6.35. The molecule has 6 heteroatoms. The quantitative estimate of drug-likeness (QED) is 0.857. The summed E-state index contributed by atoms with van der Waals surface area (Å²) in [6.07, 6.45) is 0.810. The normalized spacial score (nSPS) is 12.6. The summed E-state index contributed by atoms with van der Waals surface area (Å²) in [5, 5.41) is -0.121. The molecule has 0 saturated heterocycles. The zero-order valence-corrected chi connectivity index (χ0v) is 11.6. The summed E-state index contributed by atoms with van der Waals surface area (Å²) in [4.78, 5) is 4.36. The Morgan fingerprint density at radius 1 is 1.44 bits per heavy atom. The molecule has 0 aliphatic carbocycles. The lowest BCUT2D eigenvalue weighted by atomic mass is 10.1. The zero-order valence-electron chi connectivity index (χ0n) is 9.97. The van der Waals surface area contributed by atoms with E-state index in [1.807, 2.05) is 13.0 Å². The van der Waals surface area contributed by atoms with Crippen LogP contribution in [0, 0.1) is 5.82 Å². The minimum atomic E-state index is -0.222. The van der Waals surface area contributed by atoms with Gasteiger partial charge in [0.25, 0.3) is 0 Å². The number of rotatable bonds is 5. The van der Waals surface area contributed by atoms with Crippen molar-refractivity contribution < 1.29 is 4.39 Å². The summed E-state index contributed by atoms with van der Waals surface area (Å²) in [6.45, 7) is 2.38. The number of hydrogen-bond acceptors (Lipinski definition) is 5. The average Bonchev–Trinajstić information content (AvgIpc) is 2.85. The Hall–Kier alpha value is -0.980. The first-order chi connectivity index (χ1) is 8.74. The molecule has 2 rings (SSSR count). The third-order valence-electron chi connectivity index (χ3n) is 2.47. The lowest BCUT2D eigenvalue weighted by Crippen LogP contribution is -2.10. The molecular formula is C12H14FN3S2. The summed E-state index contributed by atoms with van der Waals surface area (Å²) in [5.74, 6) is 0.604. The highest BCUT2D eigenvalue weighted by Crippen LogP contribution is 2.36. The van der Waals surface area contributed by atoms with Gasteiger partial charge < -0.3 is 5.73 Å². The molecule has 18 heavy (non-hydrogen) atoms. The summed E-state index contributed by atoms with van der Waals surface area (Å²) in [7, 11) is 0. The molecule has 0 spiro atoms. The van der Waals surface area contributed by atoms with Crippen LogP contribution < -0.4 is 5.73 Å². The number of hydrogen-bond donors (Lipinski definition) is 1. The van der Waals surface area contributed by atoms with Gasteiger partial charge in [0, 0.05) is 18.5 Å². The largest absolute Gasteiger partial charge is 0.329 e. The molecule has 3 nitrogen and oxygen atoms in total. The van der Waals surface area contributed by atoms with E-state index in [0.29, 0.717) is 12.1 Å². The smallest absolute Gasteiger partial charge is 0.170 e.